The molecule has 5 nitrogen and oxygen atoms in total. The molecule has 0 aromatic carbocycles. The number of amides is 2. The zero-order valence-corrected chi connectivity index (χ0v) is 10.7. The molecule has 0 atom stereocenters. The Bertz CT molecular complexity index is 314. The lowest BCUT2D eigenvalue weighted by Crippen LogP contribution is -2.52. The Hall–Kier alpha value is -0.490. The van der Waals surface area contributed by atoms with E-state index in [1.165, 1.54) is 0 Å². The van der Waals surface area contributed by atoms with Gasteiger partial charge in [0.15, 0.2) is 0 Å². The van der Waals surface area contributed by atoms with Gasteiger partial charge in [-0.3, -0.25) is 0 Å². The van der Waals surface area contributed by atoms with E-state index >= 15 is 0 Å². The molecule has 0 heterocycles. The number of nitrogens with one attached hydrogen (secondary N) is 2. The van der Waals surface area contributed by atoms with Crippen molar-refractivity contribution in [3.63, 3.8) is 0 Å². The van der Waals surface area contributed by atoms with Crippen LogP contribution in [0.15, 0.2) is 0 Å². The molecule has 7 heteroatoms. The minimum Gasteiger partial charge on any atom is -0.337 e. The van der Waals surface area contributed by atoms with Crippen molar-refractivity contribution in [3.05, 3.63) is 0 Å². The SMILES string of the molecule is CC(C)(CS(C)(=O)=O)NC(=O)NCCCl. The first-order chi connectivity index (χ1) is 6.66. The van der Waals surface area contributed by atoms with Gasteiger partial charge in [-0.25, -0.2) is 13.2 Å². The molecule has 15 heavy (non-hydrogen) atoms. The zero-order valence-electron chi connectivity index (χ0n) is 9.13. The van der Waals surface area contributed by atoms with Crippen LogP contribution in [0, 0.1) is 0 Å². The van der Waals surface area contributed by atoms with Crippen molar-refractivity contribution in [1.82, 2.24) is 10.6 Å². The fourth-order valence-electron chi connectivity index (χ4n) is 1.20. The average Bonchev–Trinajstić information content (AvgIpc) is 1.94. The third-order valence-corrected chi connectivity index (χ3v) is 2.89. The summed E-state index contributed by atoms with van der Waals surface area (Å²) in [6.45, 7) is 3.64. The number of alkyl halides is 1. The molecular weight excluding hydrogens is 240 g/mol. The molecule has 0 saturated heterocycles. The Labute approximate surface area is 95.5 Å². The summed E-state index contributed by atoms with van der Waals surface area (Å²) in [6.07, 6.45) is 1.13. The predicted molar refractivity (Wildman–Crippen MR) is 61.0 cm³/mol. The number of hydrogen-bond acceptors (Lipinski definition) is 3. The highest BCUT2D eigenvalue weighted by molar-refractivity contribution is 7.90. The number of carbonyl (C=O) groups is 1. The van der Waals surface area contributed by atoms with Crippen LogP contribution < -0.4 is 10.6 Å². The van der Waals surface area contributed by atoms with Gasteiger partial charge in [0, 0.05) is 18.7 Å². The van der Waals surface area contributed by atoms with Crippen molar-refractivity contribution in [2.24, 2.45) is 0 Å². The number of carbonyl (C=O) groups excluding carboxylic acids is 1. The second kappa shape index (κ2) is 5.55. The largest absolute Gasteiger partial charge is 0.337 e. The lowest BCUT2D eigenvalue weighted by Gasteiger charge is -2.25. The number of hydrogen-bond donors (Lipinski definition) is 2. The van der Waals surface area contributed by atoms with Crippen LogP contribution in [0.5, 0.6) is 0 Å². The normalized spacial score (nSPS) is 12.3. The molecule has 90 valence electrons. The van der Waals surface area contributed by atoms with Gasteiger partial charge in [0.25, 0.3) is 0 Å². The highest BCUT2D eigenvalue weighted by atomic mass is 35.5. The van der Waals surface area contributed by atoms with Gasteiger partial charge in [-0.1, -0.05) is 0 Å². The van der Waals surface area contributed by atoms with Crippen LogP contribution >= 0.6 is 11.6 Å². The lowest BCUT2D eigenvalue weighted by molar-refractivity contribution is 0.233. The average molecular weight is 257 g/mol. The van der Waals surface area contributed by atoms with Gasteiger partial charge >= 0.3 is 6.03 Å². The predicted octanol–water partition coefficient (Wildman–Crippen LogP) is 0.348. The van der Waals surface area contributed by atoms with Crippen molar-refractivity contribution in [3.8, 4) is 0 Å². The summed E-state index contributed by atoms with van der Waals surface area (Å²) in [5.74, 6) is 0.216. The van der Waals surface area contributed by atoms with E-state index in [0.717, 1.165) is 6.26 Å². The van der Waals surface area contributed by atoms with Gasteiger partial charge in [-0.15, -0.1) is 11.6 Å². The number of halogens is 1. The monoisotopic (exact) mass is 256 g/mol. The number of sulfone groups is 1. The van der Waals surface area contributed by atoms with E-state index in [2.05, 4.69) is 10.6 Å². The van der Waals surface area contributed by atoms with Crippen LogP contribution in [-0.4, -0.2) is 44.4 Å². The minimum atomic E-state index is -3.12. The number of rotatable bonds is 5. The molecule has 0 rings (SSSR count). The molecular formula is C8H17ClN2O3S. The molecule has 0 radical (unpaired) electrons. The number of urea groups is 1. The van der Waals surface area contributed by atoms with Crippen LogP contribution in [0.4, 0.5) is 4.79 Å². The maximum Gasteiger partial charge on any atom is 0.315 e. The molecule has 0 aliphatic heterocycles. The van der Waals surface area contributed by atoms with Gasteiger partial charge in [-0.05, 0) is 13.8 Å². The second-order valence-electron chi connectivity index (χ2n) is 4.02. The highest BCUT2D eigenvalue weighted by Crippen LogP contribution is 2.05. The smallest absolute Gasteiger partial charge is 0.315 e. The lowest BCUT2D eigenvalue weighted by atomic mass is 10.1. The molecule has 2 amide bonds. The zero-order chi connectivity index (χ0) is 12.1. The molecule has 0 aromatic rings. The van der Waals surface area contributed by atoms with Crippen molar-refractivity contribution in [1.29, 1.82) is 0 Å². The van der Waals surface area contributed by atoms with Crippen LogP contribution in [-0.2, 0) is 9.84 Å². The topological polar surface area (TPSA) is 75.3 Å². The molecule has 0 fully saturated rings. The van der Waals surface area contributed by atoms with E-state index in [9.17, 15) is 13.2 Å². The van der Waals surface area contributed by atoms with E-state index in [0.29, 0.717) is 12.4 Å². The molecule has 0 aromatic heterocycles. The van der Waals surface area contributed by atoms with Gasteiger partial charge in [0.05, 0.1) is 11.3 Å². The fraction of sp³-hybridized carbons (Fsp3) is 0.875. The molecule has 0 unspecified atom stereocenters. The quantitative estimate of drug-likeness (QED) is 0.697. The summed E-state index contributed by atoms with van der Waals surface area (Å²) in [4.78, 5) is 11.2. The summed E-state index contributed by atoms with van der Waals surface area (Å²) in [5.41, 5.74) is -0.788. The summed E-state index contributed by atoms with van der Waals surface area (Å²) in [6, 6.07) is -0.413. The van der Waals surface area contributed by atoms with Crippen LogP contribution in [0.1, 0.15) is 13.8 Å². The third kappa shape index (κ3) is 8.50. The minimum absolute atomic E-state index is 0.103. The Balaban J connectivity index is 4.19. The van der Waals surface area contributed by atoms with Gasteiger partial charge < -0.3 is 10.6 Å². The Morgan fingerprint density at radius 3 is 2.33 bits per heavy atom. The van der Waals surface area contributed by atoms with Crippen molar-refractivity contribution >= 4 is 27.5 Å². The van der Waals surface area contributed by atoms with E-state index in [1.807, 2.05) is 0 Å². The van der Waals surface area contributed by atoms with Crippen LogP contribution in [0.2, 0.25) is 0 Å². The van der Waals surface area contributed by atoms with Crippen LogP contribution in [0.3, 0.4) is 0 Å². The molecule has 0 aliphatic carbocycles. The van der Waals surface area contributed by atoms with Crippen molar-refractivity contribution < 1.29 is 13.2 Å². The molecule has 2 N–H and O–H groups in total. The van der Waals surface area contributed by atoms with Crippen molar-refractivity contribution in [2.75, 3.05) is 24.4 Å². The molecule has 0 bridgehead atoms. The molecule has 0 saturated carbocycles. The first-order valence-electron chi connectivity index (χ1n) is 4.46. The maximum atomic E-state index is 11.2. The van der Waals surface area contributed by atoms with Gasteiger partial charge in [0.2, 0.25) is 0 Å². The molecule has 0 aliphatic rings. The third-order valence-electron chi connectivity index (χ3n) is 1.46. The summed E-state index contributed by atoms with van der Waals surface area (Å²) >= 11 is 5.38. The first kappa shape index (κ1) is 14.5. The van der Waals surface area contributed by atoms with Gasteiger partial charge in [-0.2, -0.15) is 0 Å². The maximum absolute atomic E-state index is 11.2. The van der Waals surface area contributed by atoms with E-state index in [1.54, 1.807) is 13.8 Å². The van der Waals surface area contributed by atoms with Crippen LogP contribution in [0.25, 0.3) is 0 Å². The fourth-order valence-corrected chi connectivity index (χ4v) is 2.68. The van der Waals surface area contributed by atoms with E-state index in [-0.39, 0.29) is 5.75 Å². The Kier molecular flexibility index (Phi) is 5.37. The standard InChI is InChI=1S/C8H17ClN2O3S/c1-8(2,6-15(3,13)14)11-7(12)10-5-4-9/h4-6H2,1-3H3,(H2,10,11,12). The Morgan fingerprint density at radius 1 is 1.40 bits per heavy atom. The summed E-state index contributed by atoms with van der Waals surface area (Å²) in [7, 11) is -3.12. The summed E-state index contributed by atoms with van der Waals surface area (Å²) in [5, 5.41) is 5.06. The van der Waals surface area contributed by atoms with E-state index in [4.69, 9.17) is 11.6 Å². The summed E-state index contributed by atoms with van der Waals surface area (Å²) < 4.78 is 22.1. The molecule has 0 spiro atoms. The van der Waals surface area contributed by atoms with E-state index < -0.39 is 21.4 Å². The highest BCUT2D eigenvalue weighted by Gasteiger charge is 2.25. The first-order valence-corrected chi connectivity index (χ1v) is 7.05. The van der Waals surface area contributed by atoms with Gasteiger partial charge in [0.1, 0.15) is 9.84 Å². The second-order valence-corrected chi connectivity index (χ2v) is 6.54. The van der Waals surface area contributed by atoms with Crippen molar-refractivity contribution in [2.45, 2.75) is 19.4 Å². The Morgan fingerprint density at radius 2 is 1.93 bits per heavy atom.